The number of pyridine rings is 1. The van der Waals surface area contributed by atoms with E-state index in [4.69, 9.17) is 23.7 Å². The fourth-order valence-corrected chi connectivity index (χ4v) is 8.40. The van der Waals surface area contributed by atoms with Crippen LogP contribution in [-0.4, -0.2) is 73.3 Å². The number of benzene rings is 2. The average molecular weight is 730 g/mol. The molecule has 3 aliphatic rings. The van der Waals surface area contributed by atoms with Crippen molar-refractivity contribution in [2.24, 2.45) is 17.8 Å². The molecule has 0 bridgehead atoms. The van der Waals surface area contributed by atoms with Crippen LogP contribution in [-0.2, 0) is 29.2 Å². The number of fused-ring (bicyclic) bond motifs is 4. The van der Waals surface area contributed by atoms with Gasteiger partial charge in [0.05, 0.1) is 17.5 Å². The molecule has 2 aromatic carbocycles. The quantitative estimate of drug-likeness (QED) is 0.160. The summed E-state index contributed by atoms with van der Waals surface area (Å²) in [5, 5.41) is 4.17. The zero-order valence-corrected chi connectivity index (χ0v) is 29.5. The highest BCUT2D eigenvalue weighted by atomic mass is 79.9. The zero-order chi connectivity index (χ0) is 34.6. The molecule has 1 fully saturated rings. The maximum Gasteiger partial charge on any atom is 0.265 e. The summed E-state index contributed by atoms with van der Waals surface area (Å²) in [5.74, 6) is -2.62. The van der Waals surface area contributed by atoms with Crippen molar-refractivity contribution in [1.82, 2.24) is 15.0 Å². The Hall–Kier alpha value is -4.39. The molecule has 12 heteroatoms. The monoisotopic (exact) mass is 728 g/mol. The Bertz CT molecular complexity index is 1930. The molecule has 0 N–H and O–H groups in total. The highest BCUT2D eigenvalue weighted by molar-refractivity contribution is 9.10. The van der Waals surface area contributed by atoms with Gasteiger partial charge in [-0.05, 0) is 65.1 Å². The lowest BCUT2D eigenvalue weighted by molar-refractivity contribution is -0.159. The summed E-state index contributed by atoms with van der Waals surface area (Å²) >= 11 is 3.55. The number of hydrogen-bond donors (Lipinski definition) is 0. The average Bonchev–Trinajstić information content (AvgIpc) is 3.51. The van der Waals surface area contributed by atoms with Crippen molar-refractivity contribution in [1.29, 1.82) is 0 Å². The summed E-state index contributed by atoms with van der Waals surface area (Å²) in [6.07, 6.45) is 0.722. The van der Waals surface area contributed by atoms with Crippen LogP contribution < -0.4 is 14.4 Å². The van der Waals surface area contributed by atoms with Crippen LogP contribution in [0.15, 0.2) is 69.8 Å². The Balaban J connectivity index is 1.31. The molecule has 11 nitrogen and oxygen atoms in total. The Labute approximate surface area is 292 Å². The molecule has 0 amide bonds. The number of Topliss-reactive ketones (excluding diaryl/α,β-unsaturated/α-hetero) is 3. The number of rotatable bonds is 9. The Kier molecular flexibility index (Phi) is 8.66. The second kappa shape index (κ2) is 12.8. The molecule has 3 aliphatic carbocycles. The number of aromatic nitrogens is 2. The number of nitrogens with zero attached hydrogens (tertiary/aromatic N) is 4. The first-order valence-corrected chi connectivity index (χ1v) is 16.9. The Morgan fingerprint density at radius 2 is 1.55 bits per heavy atom. The van der Waals surface area contributed by atoms with E-state index in [9.17, 15) is 9.59 Å². The van der Waals surface area contributed by atoms with Gasteiger partial charge in [-0.3, -0.25) is 19.3 Å². The van der Waals surface area contributed by atoms with E-state index in [2.05, 4.69) is 21.1 Å². The van der Waals surface area contributed by atoms with Crippen molar-refractivity contribution < 1.29 is 33.1 Å². The largest absolute Gasteiger partial charge is 0.485 e. The molecule has 254 valence electrons. The highest BCUT2D eigenvalue weighted by Crippen LogP contribution is 2.57. The molecule has 1 saturated carbocycles. The van der Waals surface area contributed by atoms with Crippen LogP contribution in [0.2, 0.25) is 0 Å². The van der Waals surface area contributed by atoms with E-state index in [1.165, 1.54) is 7.11 Å². The summed E-state index contributed by atoms with van der Waals surface area (Å²) in [4.78, 5) is 53.1. The van der Waals surface area contributed by atoms with Crippen molar-refractivity contribution in [3.63, 3.8) is 0 Å². The van der Waals surface area contributed by atoms with E-state index in [0.29, 0.717) is 40.1 Å². The molecule has 49 heavy (non-hydrogen) atoms. The maximum absolute atomic E-state index is 15.0. The summed E-state index contributed by atoms with van der Waals surface area (Å²) < 4.78 is 24.6. The predicted octanol–water partition coefficient (Wildman–Crippen LogP) is 5.50. The number of hydrogen-bond acceptors (Lipinski definition) is 11. The molecule has 7 rings (SSSR count). The number of methoxy groups -OCH3 is 1. The van der Waals surface area contributed by atoms with Gasteiger partial charge in [-0.15, -0.1) is 0 Å². The highest BCUT2D eigenvalue weighted by Gasteiger charge is 2.68. The molecular weight excluding hydrogens is 692 g/mol. The van der Waals surface area contributed by atoms with E-state index in [0.717, 1.165) is 11.1 Å². The first kappa shape index (κ1) is 33.1. The van der Waals surface area contributed by atoms with Crippen molar-refractivity contribution in [3.05, 3.63) is 98.8 Å². The molecule has 0 spiro atoms. The fraction of sp³-hybridized carbons (Fsp3) is 0.378. The maximum atomic E-state index is 15.0. The minimum absolute atomic E-state index is 0.0111. The minimum Gasteiger partial charge on any atom is -0.485 e. The van der Waals surface area contributed by atoms with Crippen LogP contribution in [0.4, 0.5) is 5.82 Å². The predicted molar refractivity (Wildman–Crippen MR) is 183 cm³/mol. The normalized spacial score (nSPS) is 24.2. The van der Waals surface area contributed by atoms with E-state index in [1.807, 2.05) is 98.7 Å². The fourth-order valence-electron chi connectivity index (χ4n) is 7.92. The molecule has 0 aliphatic heterocycles. The number of carbonyl (C=O) groups is 3. The van der Waals surface area contributed by atoms with E-state index < -0.39 is 46.7 Å². The van der Waals surface area contributed by atoms with Crippen LogP contribution in [0.1, 0.15) is 55.6 Å². The number of ketones is 3. The van der Waals surface area contributed by atoms with Crippen LogP contribution in [0, 0.1) is 17.8 Å². The van der Waals surface area contributed by atoms with Crippen LogP contribution in [0.25, 0.3) is 0 Å². The molecule has 4 aromatic rings. The smallest absolute Gasteiger partial charge is 0.265 e. The first-order valence-electron chi connectivity index (χ1n) is 16.2. The Morgan fingerprint density at radius 3 is 2.14 bits per heavy atom. The lowest BCUT2D eigenvalue weighted by Crippen LogP contribution is -2.67. The third-order valence-electron chi connectivity index (χ3n) is 10.0. The van der Waals surface area contributed by atoms with Gasteiger partial charge < -0.3 is 23.6 Å². The second-order valence-corrected chi connectivity index (χ2v) is 14.0. The molecular formula is C37H37BrN4O7. The van der Waals surface area contributed by atoms with Crippen LogP contribution >= 0.6 is 15.9 Å². The first-order chi connectivity index (χ1) is 23.6. The third-order valence-corrected chi connectivity index (χ3v) is 10.6. The van der Waals surface area contributed by atoms with Crippen LogP contribution in [0.5, 0.6) is 11.6 Å². The lowest BCUT2D eigenvalue weighted by atomic mass is 9.54. The Morgan fingerprint density at radius 1 is 0.918 bits per heavy atom. The second-order valence-electron chi connectivity index (χ2n) is 13.3. The number of anilines is 1. The van der Waals surface area contributed by atoms with Gasteiger partial charge in [0.15, 0.2) is 33.3 Å². The number of halogens is 1. The minimum atomic E-state index is -1.97. The number of ether oxygens (including phenoxy) is 3. The molecule has 5 unspecified atom stereocenters. The standard InChI is InChI=1S/C37H37BrN4O7/c1-41(2)28-24-17-22-16-23-26(31(34(38)39-35(23)42(3)4)47-18-20-12-8-6-9-13-20)29(43)25(22)32(44)37(24,46-5)33(45)27-30(28)49-40-36(27)48-19-21-14-10-7-11-15-21/h6-15,22,24-25,28H,16-19H2,1-5H3. The van der Waals surface area contributed by atoms with Crippen molar-refractivity contribution >= 4 is 39.1 Å². The zero-order valence-electron chi connectivity index (χ0n) is 27.9. The van der Waals surface area contributed by atoms with E-state index in [-0.39, 0.29) is 30.4 Å². The van der Waals surface area contributed by atoms with Crippen molar-refractivity contribution in [3.8, 4) is 11.6 Å². The van der Waals surface area contributed by atoms with Gasteiger partial charge in [0, 0.05) is 32.7 Å². The summed E-state index contributed by atoms with van der Waals surface area (Å²) in [6.45, 7) is 0.333. The molecule has 0 saturated heterocycles. The summed E-state index contributed by atoms with van der Waals surface area (Å²) in [5.41, 5.74) is 0.889. The summed E-state index contributed by atoms with van der Waals surface area (Å²) in [6, 6.07) is 18.5. The van der Waals surface area contributed by atoms with Gasteiger partial charge in [0.25, 0.3) is 5.88 Å². The van der Waals surface area contributed by atoms with Crippen LogP contribution in [0.3, 0.4) is 0 Å². The van der Waals surface area contributed by atoms with Gasteiger partial charge in [-0.1, -0.05) is 60.7 Å². The lowest BCUT2D eigenvalue weighted by Gasteiger charge is -2.52. The molecule has 5 atom stereocenters. The third kappa shape index (κ3) is 5.28. The SMILES string of the molecule is COC12C(=O)c3c(OCc4ccccc4)noc3C(N(C)C)C1CC1Cc3c(N(C)C)nc(Br)c(OCc4ccccc4)c3C(=O)C1C2=O. The van der Waals surface area contributed by atoms with Gasteiger partial charge in [0.2, 0.25) is 5.78 Å². The summed E-state index contributed by atoms with van der Waals surface area (Å²) in [7, 11) is 8.81. The number of carbonyl (C=O) groups excluding carboxylic acids is 3. The molecule has 2 heterocycles. The topological polar surface area (TPSA) is 124 Å². The van der Waals surface area contributed by atoms with E-state index in [1.54, 1.807) is 0 Å². The van der Waals surface area contributed by atoms with Crippen molar-refractivity contribution in [2.45, 2.75) is 37.7 Å². The molecule has 2 aromatic heterocycles. The van der Waals surface area contributed by atoms with Gasteiger partial charge in [-0.25, -0.2) is 4.98 Å². The van der Waals surface area contributed by atoms with Gasteiger partial charge in [0.1, 0.15) is 24.6 Å². The van der Waals surface area contributed by atoms with Gasteiger partial charge in [-0.2, -0.15) is 0 Å². The molecule has 0 radical (unpaired) electrons. The van der Waals surface area contributed by atoms with Gasteiger partial charge >= 0.3 is 0 Å². The van der Waals surface area contributed by atoms with Crippen molar-refractivity contribution in [2.75, 3.05) is 40.2 Å². The van der Waals surface area contributed by atoms with E-state index >= 15 is 4.79 Å².